The fourth-order valence-corrected chi connectivity index (χ4v) is 1.81. The second-order valence-corrected chi connectivity index (χ2v) is 4.28. The van der Waals surface area contributed by atoms with Crippen LogP contribution in [0.15, 0.2) is 0 Å². The van der Waals surface area contributed by atoms with Crippen molar-refractivity contribution >= 4 is 0 Å². The molecule has 15 heavy (non-hydrogen) atoms. The first-order valence-corrected chi connectivity index (χ1v) is 5.40. The monoisotopic (exact) mass is 211 g/mol. The van der Waals surface area contributed by atoms with Crippen molar-refractivity contribution in [1.29, 1.82) is 0 Å². The zero-order valence-electron chi connectivity index (χ0n) is 9.99. The average Bonchev–Trinajstić information content (AvgIpc) is 2.45. The summed E-state index contributed by atoms with van der Waals surface area (Å²) in [6, 6.07) is 0.354. The minimum absolute atomic E-state index is 0.297. The SMILES string of the molecule is Cc1nn(C(C)C)c(C)c1CC(O)CN. The fourth-order valence-electron chi connectivity index (χ4n) is 1.81. The molecule has 0 spiro atoms. The van der Waals surface area contributed by atoms with Crippen LogP contribution in [0.1, 0.15) is 36.8 Å². The summed E-state index contributed by atoms with van der Waals surface area (Å²) in [5, 5.41) is 14.0. The zero-order chi connectivity index (χ0) is 11.6. The van der Waals surface area contributed by atoms with Gasteiger partial charge in [0.2, 0.25) is 0 Å². The van der Waals surface area contributed by atoms with Crippen LogP contribution in [0.25, 0.3) is 0 Å². The molecule has 4 nitrogen and oxygen atoms in total. The van der Waals surface area contributed by atoms with Crippen molar-refractivity contribution in [3.05, 3.63) is 17.0 Å². The number of nitrogens with zero attached hydrogens (tertiary/aromatic N) is 2. The molecule has 86 valence electrons. The van der Waals surface area contributed by atoms with Gasteiger partial charge >= 0.3 is 0 Å². The van der Waals surface area contributed by atoms with E-state index in [9.17, 15) is 5.11 Å². The highest BCUT2D eigenvalue weighted by Gasteiger charge is 2.15. The molecule has 0 aliphatic heterocycles. The van der Waals surface area contributed by atoms with E-state index in [1.54, 1.807) is 0 Å². The number of hydrogen-bond donors (Lipinski definition) is 2. The zero-order valence-corrected chi connectivity index (χ0v) is 9.99. The number of aryl methyl sites for hydroxylation is 1. The molecule has 1 unspecified atom stereocenters. The lowest BCUT2D eigenvalue weighted by Gasteiger charge is -2.10. The Kier molecular flexibility index (Phi) is 3.88. The van der Waals surface area contributed by atoms with Gasteiger partial charge in [-0.25, -0.2) is 0 Å². The fraction of sp³-hybridized carbons (Fsp3) is 0.727. The smallest absolute Gasteiger partial charge is 0.0704 e. The van der Waals surface area contributed by atoms with Gasteiger partial charge in [0.15, 0.2) is 0 Å². The Bertz CT molecular complexity index is 331. The molecule has 0 amide bonds. The largest absolute Gasteiger partial charge is 0.391 e. The van der Waals surface area contributed by atoms with Gasteiger partial charge in [0.05, 0.1) is 11.8 Å². The number of nitrogens with two attached hydrogens (primary N) is 1. The van der Waals surface area contributed by atoms with E-state index in [4.69, 9.17) is 5.73 Å². The second-order valence-electron chi connectivity index (χ2n) is 4.28. The predicted octanol–water partition coefficient (Wildman–Crippen LogP) is 0.943. The van der Waals surface area contributed by atoms with Crippen molar-refractivity contribution in [3.8, 4) is 0 Å². The summed E-state index contributed by atoms with van der Waals surface area (Å²) in [6.45, 7) is 8.51. The highest BCUT2D eigenvalue weighted by molar-refractivity contribution is 5.25. The molecular formula is C11H21N3O. The van der Waals surface area contributed by atoms with E-state index in [0.29, 0.717) is 19.0 Å². The van der Waals surface area contributed by atoms with Crippen LogP contribution < -0.4 is 5.73 Å². The summed E-state index contributed by atoms with van der Waals surface area (Å²) in [5.74, 6) is 0. The van der Waals surface area contributed by atoms with Crippen LogP contribution in [0.5, 0.6) is 0 Å². The summed E-state index contributed by atoms with van der Waals surface area (Å²) in [6.07, 6.45) is 0.133. The van der Waals surface area contributed by atoms with E-state index in [1.807, 2.05) is 18.5 Å². The number of aliphatic hydroxyl groups excluding tert-OH is 1. The van der Waals surface area contributed by atoms with Crippen molar-refractivity contribution < 1.29 is 5.11 Å². The maximum absolute atomic E-state index is 9.55. The van der Waals surface area contributed by atoms with Crippen LogP contribution in [0, 0.1) is 13.8 Å². The Morgan fingerprint density at radius 3 is 2.40 bits per heavy atom. The van der Waals surface area contributed by atoms with E-state index in [1.165, 1.54) is 0 Å². The molecule has 3 N–H and O–H groups in total. The van der Waals surface area contributed by atoms with Crippen molar-refractivity contribution in [2.45, 2.75) is 46.3 Å². The summed E-state index contributed by atoms with van der Waals surface area (Å²) in [7, 11) is 0. The summed E-state index contributed by atoms with van der Waals surface area (Å²) in [4.78, 5) is 0. The Labute approximate surface area is 91.1 Å². The van der Waals surface area contributed by atoms with Gasteiger partial charge < -0.3 is 10.8 Å². The van der Waals surface area contributed by atoms with Crippen LogP contribution >= 0.6 is 0 Å². The summed E-state index contributed by atoms with van der Waals surface area (Å²) >= 11 is 0. The number of aromatic nitrogens is 2. The molecular weight excluding hydrogens is 190 g/mol. The molecule has 1 atom stereocenters. The third-order valence-electron chi connectivity index (χ3n) is 2.68. The standard InChI is InChI=1S/C11H21N3O/c1-7(2)14-9(4)11(8(3)13-14)5-10(15)6-12/h7,10,15H,5-6,12H2,1-4H3. The third kappa shape index (κ3) is 2.58. The van der Waals surface area contributed by atoms with Gasteiger partial charge in [0.1, 0.15) is 0 Å². The van der Waals surface area contributed by atoms with Gasteiger partial charge in [0.25, 0.3) is 0 Å². The minimum Gasteiger partial charge on any atom is -0.391 e. The molecule has 0 aliphatic rings. The molecule has 0 saturated carbocycles. The highest BCUT2D eigenvalue weighted by Crippen LogP contribution is 2.18. The molecule has 0 bridgehead atoms. The lowest BCUT2D eigenvalue weighted by atomic mass is 10.1. The molecule has 1 heterocycles. The summed E-state index contributed by atoms with van der Waals surface area (Å²) < 4.78 is 1.99. The van der Waals surface area contributed by atoms with Gasteiger partial charge in [-0.05, 0) is 33.3 Å². The molecule has 1 aromatic heterocycles. The van der Waals surface area contributed by atoms with Gasteiger partial charge in [-0.15, -0.1) is 0 Å². The Balaban J connectivity index is 2.97. The first kappa shape index (κ1) is 12.2. The molecule has 1 rings (SSSR count). The van der Waals surface area contributed by atoms with Crippen LogP contribution in [0.3, 0.4) is 0 Å². The van der Waals surface area contributed by atoms with E-state index in [-0.39, 0.29) is 0 Å². The molecule has 1 aromatic rings. The lowest BCUT2D eigenvalue weighted by molar-refractivity contribution is 0.183. The minimum atomic E-state index is -0.466. The van der Waals surface area contributed by atoms with Crippen LogP contribution in [0.2, 0.25) is 0 Å². The topological polar surface area (TPSA) is 64.1 Å². The maximum Gasteiger partial charge on any atom is 0.0704 e. The van der Waals surface area contributed by atoms with Crippen LogP contribution in [0.4, 0.5) is 0 Å². The third-order valence-corrected chi connectivity index (χ3v) is 2.68. The van der Waals surface area contributed by atoms with E-state index in [2.05, 4.69) is 18.9 Å². The highest BCUT2D eigenvalue weighted by atomic mass is 16.3. The van der Waals surface area contributed by atoms with Gasteiger partial charge in [-0.1, -0.05) is 0 Å². The van der Waals surface area contributed by atoms with E-state index in [0.717, 1.165) is 17.0 Å². The lowest BCUT2D eigenvalue weighted by Crippen LogP contribution is -2.22. The van der Waals surface area contributed by atoms with Gasteiger partial charge in [-0.3, -0.25) is 4.68 Å². The van der Waals surface area contributed by atoms with Crippen molar-refractivity contribution in [3.63, 3.8) is 0 Å². The normalized spacial score (nSPS) is 13.5. The quantitative estimate of drug-likeness (QED) is 0.779. The molecule has 0 radical (unpaired) electrons. The second kappa shape index (κ2) is 4.77. The van der Waals surface area contributed by atoms with Gasteiger partial charge in [-0.2, -0.15) is 5.10 Å². The van der Waals surface area contributed by atoms with Crippen molar-refractivity contribution in [2.24, 2.45) is 5.73 Å². The Hall–Kier alpha value is -0.870. The summed E-state index contributed by atoms with van der Waals surface area (Å²) in [5.41, 5.74) is 8.66. The first-order chi connectivity index (χ1) is 6.97. The number of aliphatic hydroxyl groups is 1. The molecule has 0 saturated heterocycles. The van der Waals surface area contributed by atoms with Crippen LogP contribution in [-0.2, 0) is 6.42 Å². The Morgan fingerprint density at radius 1 is 1.40 bits per heavy atom. The first-order valence-electron chi connectivity index (χ1n) is 5.40. The maximum atomic E-state index is 9.55. The molecule has 0 fully saturated rings. The van der Waals surface area contributed by atoms with E-state index < -0.39 is 6.10 Å². The van der Waals surface area contributed by atoms with Crippen molar-refractivity contribution in [2.75, 3.05) is 6.54 Å². The number of hydrogen-bond acceptors (Lipinski definition) is 3. The van der Waals surface area contributed by atoms with Crippen molar-refractivity contribution in [1.82, 2.24) is 9.78 Å². The van der Waals surface area contributed by atoms with E-state index >= 15 is 0 Å². The molecule has 0 aromatic carbocycles. The van der Waals surface area contributed by atoms with Gasteiger partial charge in [0, 0.05) is 24.7 Å². The Morgan fingerprint density at radius 2 is 2.00 bits per heavy atom. The average molecular weight is 211 g/mol. The predicted molar refractivity (Wildman–Crippen MR) is 60.9 cm³/mol. The van der Waals surface area contributed by atoms with Crippen LogP contribution in [-0.4, -0.2) is 27.5 Å². The molecule has 4 heteroatoms. The number of rotatable bonds is 4. The molecule has 0 aliphatic carbocycles.